The Balaban J connectivity index is -0.000000730. The molecule has 394 valence electrons. The number of aliphatic carboxylic acids is 5. The predicted molar refractivity (Wildman–Crippen MR) is 234 cm³/mol. The lowest BCUT2D eigenvalue weighted by Crippen LogP contribution is -2.32. The number of rotatable bonds is 13. The van der Waals surface area contributed by atoms with E-state index in [1.54, 1.807) is 0 Å². The second-order valence-corrected chi connectivity index (χ2v) is 16.0. The maximum atomic E-state index is 10.9. The van der Waals surface area contributed by atoms with Crippen LogP contribution in [-0.2, 0) is 62.1 Å². The van der Waals surface area contributed by atoms with E-state index in [2.05, 4.69) is 25.5 Å². The number of hydrogen-bond acceptors (Lipinski definition) is 19. The molecule has 4 fully saturated rings. The van der Waals surface area contributed by atoms with E-state index in [0.29, 0.717) is 65.0 Å². The van der Waals surface area contributed by atoms with Crippen LogP contribution in [0.3, 0.4) is 0 Å². The molecule has 4 heterocycles. The molecule has 0 bridgehead atoms. The molecule has 0 saturated carbocycles. The first-order chi connectivity index (χ1) is 32.0. The van der Waals surface area contributed by atoms with Crippen molar-refractivity contribution in [2.45, 2.75) is 111 Å². The number of carbonyl (C=O) groups is 9. The van der Waals surface area contributed by atoms with Gasteiger partial charge in [0.15, 0.2) is 23.7 Å². The molecule has 0 aromatic heterocycles. The number of carboxylic acid groups (broad SMARTS) is 5. The van der Waals surface area contributed by atoms with E-state index in [0.717, 1.165) is 51.4 Å². The van der Waals surface area contributed by atoms with Gasteiger partial charge in [0.05, 0.1) is 66.1 Å². The first-order valence-corrected chi connectivity index (χ1v) is 22.1. The van der Waals surface area contributed by atoms with Crippen molar-refractivity contribution in [1.82, 2.24) is 0 Å². The molecule has 4 unspecified atom stereocenters. The van der Waals surface area contributed by atoms with Crippen LogP contribution < -0.4 is 0 Å². The number of carboxylic acids is 5. The van der Waals surface area contributed by atoms with Crippen molar-refractivity contribution < 1.29 is 118 Å². The molecule has 4 saturated heterocycles. The fourth-order valence-electron chi connectivity index (χ4n) is 5.23. The summed E-state index contributed by atoms with van der Waals surface area (Å²) in [6.07, 6.45) is 8.94. The highest BCUT2D eigenvalue weighted by Crippen LogP contribution is 2.20. The monoisotopic (exact) mass is 986 g/mol. The van der Waals surface area contributed by atoms with Gasteiger partial charge in [0, 0.05) is 16.4 Å². The van der Waals surface area contributed by atoms with Crippen LogP contribution in [0.5, 0.6) is 0 Å². The van der Waals surface area contributed by atoms with Crippen LogP contribution in [0.15, 0.2) is 12.2 Å². The van der Waals surface area contributed by atoms with E-state index in [4.69, 9.17) is 56.2 Å². The van der Waals surface area contributed by atoms with Crippen molar-refractivity contribution in [3.63, 3.8) is 0 Å². The van der Waals surface area contributed by atoms with Gasteiger partial charge in [-0.15, -0.1) is 0 Å². The van der Waals surface area contributed by atoms with Crippen LogP contribution in [0.25, 0.3) is 0 Å². The Morgan fingerprint density at radius 1 is 0.441 bits per heavy atom. The van der Waals surface area contributed by atoms with Gasteiger partial charge >= 0.3 is 53.7 Å². The number of aliphatic hydroxyl groups excluding tert-OH is 6. The minimum atomic E-state index is -1.07. The quantitative estimate of drug-likeness (QED) is 0.0531. The fraction of sp³-hybridized carbons (Fsp3) is 0.750. The van der Waals surface area contributed by atoms with Crippen molar-refractivity contribution in [3.05, 3.63) is 12.2 Å². The Bertz CT molecular complexity index is 1310. The minimum absolute atomic E-state index is 0.156. The predicted octanol–water partition coefficient (Wildman–Crippen LogP) is 1.02. The average molecular weight is 987 g/mol. The van der Waals surface area contributed by atoms with Crippen molar-refractivity contribution in [2.75, 3.05) is 66.1 Å². The third-order valence-electron chi connectivity index (χ3n) is 10.7. The van der Waals surface area contributed by atoms with Gasteiger partial charge in [-0.2, -0.15) is 0 Å². The molecule has 24 nitrogen and oxygen atoms in total. The summed E-state index contributed by atoms with van der Waals surface area (Å²) in [6.45, 7) is 8.76. The Hall–Kier alpha value is -5.27. The lowest BCUT2D eigenvalue weighted by Gasteiger charge is -2.24. The third kappa shape index (κ3) is 28.8. The standard InChI is InChI=1S/4C7H10O4.2C6H14O3.C4H6O2/c4*8-6(9)5-3-1-2-4-11-7(5)10;2*1-2-6(3-7,4-8)5-9;1-3(2)4(5)6/h4*5H,1-4H2,(H,8,9);2*7-9H,2-5H2,1H3;1H2,2H3,(H,5,6). The number of carbonyl (C=O) groups excluding carboxylic acids is 4. The molecule has 0 radical (unpaired) electrons. The molecule has 4 aliphatic heterocycles. The molecule has 0 aliphatic carbocycles. The molecular weight excluding hydrogens is 912 g/mol. The van der Waals surface area contributed by atoms with E-state index in [9.17, 15) is 43.2 Å². The zero-order chi connectivity index (χ0) is 52.9. The van der Waals surface area contributed by atoms with Crippen LogP contribution in [0.4, 0.5) is 0 Å². The molecule has 4 atom stereocenters. The van der Waals surface area contributed by atoms with Crippen molar-refractivity contribution in [1.29, 1.82) is 0 Å². The number of ether oxygens (including phenoxy) is 4. The number of esters is 4. The summed E-state index contributed by atoms with van der Waals surface area (Å²) in [5.41, 5.74) is -1.16. The SMILES string of the molecule is C=C(C)C(=O)O.CCC(CO)(CO)CO.CCC(CO)(CO)CO.O=C(O)C1CCCCOC1=O.O=C(O)C1CCCCOC1=O.O=C(O)C1CCCCOC1=O.O=C(O)C1CCCCOC1=O. The van der Waals surface area contributed by atoms with Crippen molar-refractivity contribution in [3.8, 4) is 0 Å². The Morgan fingerprint density at radius 3 is 0.721 bits per heavy atom. The van der Waals surface area contributed by atoms with Crippen LogP contribution in [0, 0.1) is 34.5 Å². The van der Waals surface area contributed by atoms with Gasteiger partial charge in [-0.1, -0.05) is 20.4 Å². The number of aliphatic hydroxyl groups is 6. The largest absolute Gasteiger partial charge is 0.481 e. The summed E-state index contributed by atoms with van der Waals surface area (Å²) >= 11 is 0. The number of hydrogen-bond donors (Lipinski definition) is 11. The van der Waals surface area contributed by atoms with Gasteiger partial charge < -0.3 is 75.1 Å². The molecular formula is C44H74O24. The Labute approximate surface area is 394 Å². The second-order valence-electron chi connectivity index (χ2n) is 16.0. The van der Waals surface area contributed by atoms with Gasteiger partial charge in [-0.05, 0) is 96.8 Å². The summed E-state index contributed by atoms with van der Waals surface area (Å²) in [6, 6.07) is 0. The van der Waals surface area contributed by atoms with Gasteiger partial charge in [-0.25, -0.2) is 4.79 Å². The first kappa shape index (κ1) is 67.0. The summed E-state index contributed by atoms with van der Waals surface area (Å²) in [5, 5.41) is 94.0. The fourth-order valence-corrected chi connectivity index (χ4v) is 5.23. The second kappa shape index (κ2) is 38.7. The first-order valence-electron chi connectivity index (χ1n) is 22.1. The normalized spacial score (nSPS) is 20.3. The van der Waals surface area contributed by atoms with Crippen molar-refractivity contribution in [2.24, 2.45) is 34.5 Å². The Kier molecular flexibility index (Phi) is 38.1. The van der Waals surface area contributed by atoms with Gasteiger partial charge in [0.2, 0.25) is 0 Å². The van der Waals surface area contributed by atoms with Gasteiger partial charge in [0.25, 0.3) is 0 Å². The van der Waals surface area contributed by atoms with E-state index in [-0.39, 0.29) is 45.2 Å². The molecule has 4 rings (SSSR count). The molecule has 0 aromatic carbocycles. The van der Waals surface area contributed by atoms with E-state index >= 15 is 0 Å². The summed E-state index contributed by atoms with van der Waals surface area (Å²) in [5.74, 6) is -11.3. The zero-order valence-corrected chi connectivity index (χ0v) is 39.2. The van der Waals surface area contributed by atoms with Gasteiger partial charge in [-0.3, -0.25) is 38.4 Å². The summed E-state index contributed by atoms with van der Waals surface area (Å²) in [4.78, 5) is 94.7. The lowest BCUT2D eigenvalue weighted by atomic mass is 9.88. The van der Waals surface area contributed by atoms with Crippen LogP contribution in [0.1, 0.15) is 111 Å². The number of cyclic esters (lactones) is 4. The maximum absolute atomic E-state index is 10.9. The van der Waals surface area contributed by atoms with E-state index in [1.165, 1.54) is 6.92 Å². The Morgan fingerprint density at radius 2 is 0.618 bits per heavy atom. The lowest BCUT2D eigenvalue weighted by molar-refractivity contribution is -0.159. The maximum Gasteiger partial charge on any atom is 0.330 e. The topological polar surface area (TPSA) is 413 Å². The molecule has 68 heavy (non-hydrogen) atoms. The molecule has 24 heteroatoms. The van der Waals surface area contributed by atoms with Crippen LogP contribution in [-0.4, -0.2) is 176 Å². The van der Waals surface area contributed by atoms with Crippen LogP contribution in [0.2, 0.25) is 0 Å². The summed E-state index contributed by atoms with van der Waals surface area (Å²) < 4.78 is 18.6. The van der Waals surface area contributed by atoms with Gasteiger partial charge in [0.1, 0.15) is 0 Å². The van der Waals surface area contributed by atoms with Crippen LogP contribution >= 0.6 is 0 Å². The highest BCUT2D eigenvalue weighted by Gasteiger charge is 2.32. The molecule has 0 aromatic rings. The molecule has 11 N–H and O–H groups in total. The summed E-state index contributed by atoms with van der Waals surface area (Å²) in [7, 11) is 0. The highest BCUT2D eigenvalue weighted by atomic mass is 16.5. The average Bonchev–Trinajstić information content (AvgIpc) is 3.86. The highest BCUT2D eigenvalue weighted by molar-refractivity contribution is 5.95. The third-order valence-corrected chi connectivity index (χ3v) is 10.7. The van der Waals surface area contributed by atoms with Crippen molar-refractivity contribution >= 4 is 53.7 Å². The smallest absolute Gasteiger partial charge is 0.330 e. The van der Waals surface area contributed by atoms with E-state index < -0.39 is 88.2 Å². The van der Waals surface area contributed by atoms with E-state index in [1.807, 2.05) is 13.8 Å². The zero-order valence-electron chi connectivity index (χ0n) is 39.2. The molecule has 0 amide bonds. The molecule has 4 aliphatic rings. The molecule has 0 spiro atoms. The minimum Gasteiger partial charge on any atom is -0.481 e.